The highest BCUT2D eigenvalue weighted by Crippen LogP contribution is 2.19. The molecule has 1 saturated heterocycles. The van der Waals surface area contributed by atoms with Crippen LogP contribution in [0.1, 0.15) is 51.9 Å². The van der Waals surface area contributed by atoms with Crippen molar-refractivity contribution in [3.8, 4) is 5.75 Å². The van der Waals surface area contributed by atoms with Crippen LogP contribution in [-0.4, -0.2) is 48.9 Å². The molecule has 2 N–H and O–H groups in total. The molecular weight excluding hydrogens is 316 g/mol. The molecule has 140 valence electrons. The molecule has 25 heavy (non-hydrogen) atoms. The first-order chi connectivity index (χ1) is 12.3. The molecule has 5 heteroatoms. The van der Waals surface area contributed by atoms with Crippen LogP contribution in [0.4, 0.5) is 5.69 Å². The number of hydrogen-bond acceptors (Lipinski definition) is 3. The lowest BCUT2D eigenvalue weighted by Gasteiger charge is -2.12. The molecule has 1 fully saturated rings. The van der Waals surface area contributed by atoms with Crippen LogP contribution >= 0.6 is 0 Å². The van der Waals surface area contributed by atoms with Crippen LogP contribution in [0.15, 0.2) is 24.3 Å². The zero-order valence-electron chi connectivity index (χ0n) is 15.5. The van der Waals surface area contributed by atoms with Crippen LogP contribution in [-0.2, 0) is 4.74 Å². The molecule has 1 aliphatic rings. The summed E-state index contributed by atoms with van der Waals surface area (Å²) in [6.45, 7) is 6.51. The first-order valence-electron chi connectivity index (χ1n) is 9.69. The van der Waals surface area contributed by atoms with Crippen LogP contribution in [0.5, 0.6) is 5.75 Å². The highest BCUT2D eigenvalue weighted by Gasteiger charge is 2.14. The number of ether oxygens (including phenoxy) is 2. The van der Waals surface area contributed by atoms with E-state index in [4.69, 9.17) is 9.47 Å². The van der Waals surface area contributed by atoms with E-state index in [0.717, 1.165) is 37.5 Å². The van der Waals surface area contributed by atoms with Gasteiger partial charge in [-0.15, -0.1) is 4.99 Å². The lowest BCUT2D eigenvalue weighted by Crippen LogP contribution is -2.67. The van der Waals surface area contributed by atoms with Gasteiger partial charge >= 0.3 is 6.08 Å². The summed E-state index contributed by atoms with van der Waals surface area (Å²) in [4.78, 5) is 5.25. The summed E-state index contributed by atoms with van der Waals surface area (Å²) >= 11 is 0. The van der Waals surface area contributed by atoms with Crippen molar-refractivity contribution in [2.24, 2.45) is 0 Å². The summed E-state index contributed by atoms with van der Waals surface area (Å²) in [6, 6.07) is 7.63. The molecule has 0 radical (unpaired) electrons. The van der Waals surface area contributed by atoms with Gasteiger partial charge in [-0.05, 0) is 38.4 Å². The summed E-state index contributed by atoms with van der Waals surface area (Å²) in [5.74, 6) is 0.743. The fourth-order valence-corrected chi connectivity index (χ4v) is 3.01. The predicted octanol–water partition coefficient (Wildman–Crippen LogP) is 2.77. The number of aliphatic hydroxyl groups excluding tert-OH is 1. The maximum absolute atomic E-state index is 9.98. The van der Waals surface area contributed by atoms with Gasteiger partial charge in [0, 0.05) is 12.6 Å². The third-order valence-electron chi connectivity index (χ3n) is 4.48. The standard InChI is InChI=1S/C20H32N2O3/c1-2-3-4-5-10-16-24-19-12-7-6-11-18(19)21-20(23)25-17-15-22-13-8-9-14-22/h6-7,11-12H,2-5,8-10,13-17H2,1H3,(H,21,23)/p+1. The van der Waals surface area contributed by atoms with Crippen molar-refractivity contribution in [3.63, 3.8) is 0 Å². The van der Waals surface area contributed by atoms with E-state index in [1.807, 2.05) is 24.3 Å². The van der Waals surface area contributed by atoms with Gasteiger partial charge in [0.2, 0.25) is 0 Å². The van der Waals surface area contributed by atoms with Crippen LogP contribution in [0.25, 0.3) is 0 Å². The van der Waals surface area contributed by atoms with Gasteiger partial charge in [0.25, 0.3) is 5.69 Å². The Morgan fingerprint density at radius 1 is 1.08 bits per heavy atom. The average molecular weight is 349 g/mol. The van der Waals surface area contributed by atoms with E-state index >= 15 is 0 Å². The van der Waals surface area contributed by atoms with Gasteiger partial charge in [0.05, 0.1) is 6.61 Å². The molecule has 2 rings (SSSR count). The number of unbranched alkanes of at least 4 members (excludes halogenated alkanes) is 4. The minimum Gasteiger partial charge on any atom is -0.487 e. The molecule has 5 nitrogen and oxygen atoms in total. The molecule has 0 aromatic heterocycles. The van der Waals surface area contributed by atoms with E-state index in [9.17, 15) is 5.11 Å². The number of para-hydroxylation sites is 2. The molecular formula is C20H33N2O3+. The third kappa shape index (κ3) is 7.78. The number of nitrogens with zero attached hydrogens (tertiary/aromatic N) is 1. The van der Waals surface area contributed by atoms with Crippen molar-refractivity contribution in [3.05, 3.63) is 24.3 Å². The molecule has 1 aliphatic heterocycles. The minimum absolute atomic E-state index is 0.168. The van der Waals surface area contributed by atoms with Gasteiger partial charge in [-0.3, -0.25) is 4.90 Å². The lowest BCUT2D eigenvalue weighted by molar-refractivity contribution is -0.383. The quantitative estimate of drug-likeness (QED) is 0.366. The average Bonchev–Trinajstić information content (AvgIpc) is 3.13. The first-order valence-corrected chi connectivity index (χ1v) is 9.69. The van der Waals surface area contributed by atoms with Crippen molar-refractivity contribution in [2.75, 3.05) is 32.8 Å². The zero-order chi connectivity index (χ0) is 17.7. The highest BCUT2D eigenvalue weighted by atomic mass is 16.6. The molecule has 1 aromatic rings. The number of hydrogen-bond donors (Lipinski definition) is 2. The maximum atomic E-state index is 9.98. The van der Waals surface area contributed by atoms with Crippen molar-refractivity contribution < 1.29 is 19.6 Å². The fraction of sp³-hybridized carbons (Fsp3) is 0.650. The molecule has 0 aliphatic carbocycles. The summed E-state index contributed by atoms with van der Waals surface area (Å²) < 4.78 is 11.2. The second-order valence-corrected chi connectivity index (χ2v) is 6.59. The van der Waals surface area contributed by atoms with Crippen LogP contribution in [0, 0.1) is 0 Å². The molecule has 0 saturated carbocycles. The van der Waals surface area contributed by atoms with Crippen molar-refractivity contribution in [1.29, 1.82) is 0 Å². The number of nitrogens with one attached hydrogen (secondary N) is 1. The lowest BCUT2D eigenvalue weighted by atomic mass is 10.2. The molecule has 0 spiro atoms. The van der Waals surface area contributed by atoms with E-state index in [1.54, 1.807) is 0 Å². The van der Waals surface area contributed by atoms with Crippen LogP contribution in [0.2, 0.25) is 0 Å². The molecule has 0 unspecified atom stereocenters. The van der Waals surface area contributed by atoms with E-state index in [0.29, 0.717) is 13.2 Å². The highest BCUT2D eigenvalue weighted by molar-refractivity contribution is 5.60. The van der Waals surface area contributed by atoms with E-state index in [1.165, 1.54) is 38.5 Å². The van der Waals surface area contributed by atoms with Gasteiger partial charge in [-0.25, -0.2) is 0 Å². The Labute approximate surface area is 151 Å². The Kier molecular flexibility index (Phi) is 9.19. The summed E-state index contributed by atoms with van der Waals surface area (Å²) in [5.41, 5.74) is 0.731. The second kappa shape index (κ2) is 11.7. The van der Waals surface area contributed by atoms with Crippen molar-refractivity contribution in [1.82, 2.24) is 4.90 Å². The summed E-state index contributed by atoms with van der Waals surface area (Å²) in [5, 5.41) is 9.98. The van der Waals surface area contributed by atoms with Crippen molar-refractivity contribution in [2.45, 2.75) is 51.9 Å². The van der Waals surface area contributed by atoms with Gasteiger partial charge in [0.15, 0.2) is 5.75 Å². The Morgan fingerprint density at radius 3 is 2.64 bits per heavy atom. The van der Waals surface area contributed by atoms with Gasteiger partial charge < -0.3 is 14.6 Å². The molecule has 0 bridgehead atoms. The molecule has 0 atom stereocenters. The Morgan fingerprint density at radius 2 is 1.84 bits per heavy atom. The van der Waals surface area contributed by atoms with E-state index < -0.39 is 0 Å². The minimum atomic E-state index is -0.168. The smallest absolute Gasteiger partial charge is 0.487 e. The third-order valence-corrected chi connectivity index (χ3v) is 4.48. The number of likely N-dealkylation sites (tertiary alicyclic amines) is 1. The first kappa shape index (κ1) is 19.6. The SMILES string of the molecule is CCCCCCCOc1ccccc1[NH+]=C(O)OCCN1CCCC1. The van der Waals surface area contributed by atoms with Crippen LogP contribution in [0.3, 0.4) is 0 Å². The van der Waals surface area contributed by atoms with E-state index in [-0.39, 0.29) is 6.08 Å². The summed E-state index contributed by atoms with van der Waals surface area (Å²) in [7, 11) is 0. The summed E-state index contributed by atoms with van der Waals surface area (Å²) in [6.07, 6.45) is 8.40. The van der Waals surface area contributed by atoms with Gasteiger partial charge in [-0.1, -0.05) is 44.7 Å². The second-order valence-electron chi connectivity index (χ2n) is 6.59. The zero-order valence-corrected chi connectivity index (χ0v) is 15.5. The molecule has 0 amide bonds. The Bertz CT molecular complexity index is 513. The monoisotopic (exact) mass is 349 g/mol. The van der Waals surface area contributed by atoms with E-state index in [2.05, 4.69) is 16.8 Å². The van der Waals surface area contributed by atoms with Crippen molar-refractivity contribution >= 4 is 11.8 Å². The molecule has 1 heterocycles. The van der Waals surface area contributed by atoms with Gasteiger partial charge in [0.1, 0.15) is 6.61 Å². The topological polar surface area (TPSA) is 55.9 Å². The number of aliphatic hydroxyl groups is 1. The fourth-order valence-electron chi connectivity index (χ4n) is 3.01. The number of benzene rings is 1. The Hall–Kier alpha value is -1.75. The number of rotatable bonds is 11. The van der Waals surface area contributed by atoms with Crippen LogP contribution < -0.4 is 9.73 Å². The molecule has 1 aromatic carbocycles. The predicted molar refractivity (Wildman–Crippen MR) is 101 cm³/mol. The normalized spacial score (nSPS) is 15.5. The van der Waals surface area contributed by atoms with Gasteiger partial charge in [-0.2, -0.15) is 0 Å². The maximum Gasteiger partial charge on any atom is 0.551 e. The Balaban J connectivity index is 1.75. The largest absolute Gasteiger partial charge is 0.551 e.